The number of anilines is 1. The van der Waals surface area contributed by atoms with Gasteiger partial charge in [0.25, 0.3) is 5.69 Å². The van der Waals surface area contributed by atoms with Crippen LogP contribution >= 0.6 is 15.9 Å². The zero-order valence-electron chi connectivity index (χ0n) is 22.9. The van der Waals surface area contributed by atoms with Crippen LogP contribution in [0.15, 0.2) is 47.2 Å². The molecule has 0 radical (unpaired) electrons. The summed E-state index contributed by atoms with van der Waals surface area (Å²) in [5.74, 6) is 5.31. The Bertz CT molecular complexity index is 1710. The van der Waals surface area contributed by atoms with Crippen LogP contribution in [0.2, 0.25) is 0 Å². The second-order valence-corrected chi connectivity index (χ2v) is 10.9. The monoisotopic (exact) mass is 605 g/mol. The standard InChI is InChI=1S/C29H28BrN5O5/c1-16-23(27(28(36)39-6)40-29(2,3)4)24(30)20(25(31)26(16)35(37)38)9-7-17-11-12-32-21(13-17)18-8-10-22-19(14-18)15-33-34(22)5/h8,10-15,27H,31H2,1-6H3/t27-/m0/s1. The number of methoxy groups -OCH3 is 1. The van der Waals surface area contributed by atoms with Gasteiger partial charge in [-0.1, -0.05) is 17.9 Å². The van der Waals surface area contributed by atoms with Gasteiger partial charge in [0, 0.05) is 45.4 Å². The van der Waals surface area contributed by atoms with Gasteiger partial charge in [0.2, 0.25) is 0 Å². The van der Waals surface area contributed by atoms with Gasteiger partial charge in [0.05, 0.1) is 40.6 Å². The van der Waals surface area contributed by atoms with Crippen LogP contribution in [0.1, 0.15) is 49.1 Å². The maximum atomic E-state index is 12.8. The molecular weight excluding hydrogens is 578 g/mol. The maximum absolute atomic E-state index is 12.8. The lowest BCUT2D eigenvalue weighted by atomic mass is 9.95. The summed E-state index contributed by atoms with van der Waals surface area (Å²) < 4.78 is 13.1. The fraction of sp³-hybridized carbons (Fsp3) is 0.276. The van der Waals surface area contributed by atoms with Gasteiger partial charge in [-0.3, -0.25) is 19.8 Å². The van der Waals surface area contributed by atoms with Crippen LogP contribution in [0, 0.1) is 28.9 Å². The van der Waals surface area contributed by atoms with E-state index in [1.807, 2.05) is 31.3 Å². The Morgan fingerprint density at radius 2 is 1.95 bits per heavy atom. The minimum absolute atomic E-state index is 0.124. The molecule has 0 aliphatic heterocycles. The largest absolute Gasteiger partial charge is 0.467 e. The molecule has 206 valence electrons. The second kappa shape index (κ2) is 11.1. The Kier molecular flexibility index (Phi) is 7.95. The third-order valence-corrected chi connectivity index (χ3v) is 7.03. The van der Waals surface area contributed by atoms with Crippen molar-refractivity contribution in [3.05, 3.63) is 79.6 Å². The molecule has 0 amide bonds. The molecule has 4 rings (SSSR count). The Labute approximate surface area is 239 Å². The molecule has 0 bridgehead atoms. The van der Waals surface area contributed by atoms with Crippen molar-refractivity contribution in [1.29, 1.82) is 0 Å². The Hall–Kier alpha value is -4.27. The Morgan fingerprint density at radius 3 is 2.60 bits per heavy atom. The molecule has 4 aromatic rings. The summed E-state index contributed by atoms with van der Waals surface area (Å²) in [4.78, 5) is 28.7. The number of rotatable bonds is 5. The molecule has 1 atom stereocenters. The number of benzene rings is 2. The van der Waals surface area contributed by atoms with Gasteiger partial charge in [-0.25, -0.2) is 4.79 Å². The summed E-state index contributed by atoms with van der Waals surface area (Å²) in [7, 11) is 3.11. The number of fused-ring (bicyclic) bond motifs is 1. The lowest BCUT2D eigenvalue weighted by molar-refractivity contribution is -0.384. The molecule has 0 saturated carbocycles. The van der Waals surface area contributed by atoms with Crippen molar-refractivity contribution >= 4 is 44.2 Å². The van der Waals surface area contributed by atoms with E-state index in [2.05, 4.69) is 37.9 Å². The molecule has 0 aliphatic carbocycles. The number of hydrogen-bond acceptors (Lipinski definition) is 8. The first-order valence-corrected chi connectivity index (χ1v) is 13.0. The van der Waals surface area contributed by atoms with Crippen LogP contribution in [0.3, 0.4) is 0 Å². The molecule has 2 heterocycles. The SMILES string of the molecule is COC(=O)[C@@H](OC(C)(C)C)c1c(C)c([N+](=O)[O-])c(N)c(C#Cc2ccnc(-c3ccc4c(cnn4C)c3)c2)c1Br. The highest BCUT2D eigenvalue weighted by molar-refractivity contribution is 9.10. The van der Waals surface area contributed by atoms with Gasteiger partial charge in [-0.2, -0.15) is 5.10 Å². The number of aromatic nitrogens is 3. The van der Waals surface area contributed by atoms with Crippen LogP contribution in [0.5, 0.6) is 0 Å². The van der Waals surface area contributed by atoms with Crippen molar-refractivity contribution in [3.8, 4) is 23.1 Å². The molecule has 40 heavy (non-hydrogen) atoms. The van der Waals surface area contributed by atoms with Crippen molar-refractivity contribution in [2.45, 2.75) is 39.4 Å². The predicted molar refractivity (Wildman–Crippen MR) is 155 cm³/mol. The first-order valence-electron chi connectivity index (χ1n) is 12.2. The van der Waals surface area contributed by atoms with Gasteiger partial charge in [0.15, 0.2) is 6.10 Å². The van der Waals surface area contributed by atoms with Gasteiger partial charge in [0.1, 0.15) is 5.69 Å². The first kappa shape index (κ1) is 28.7. The summed E-state index contributed by atoms with van der Waals surface area (Å²) in [5, 5.41) is 17.3. The number of nitrogen functional groups attached to an aromatic ring is 1. The van der Waals surface area contributed by atoms with Gasteiger partial charge >= 0.3 is 5.97 Å². The number of halogens is 1. The van der Waals surface area contributed by atoms with Crippen LogP contribution < -0.4 is 5.73 Å². The van der Waals surface area contributed by atoms with Crippen LogP contribution in [-0.4, -0.2) is 38.4 Å². The van der Waals surface area contributed by atoms with Crippen molar-refractivity contribution in [2.24, 2.45) is 7.05 Å². The van der Waals surface area contributed by atoms with E-state index in [1.165, 1.54) is 14.0 Å². The van der Waals surface area contributed by atoms with E-state index >= 15 is 0 Å². The predicted octanol–water partition coefficient (Wildman–Crippen LogP) is 5.63. The molecule has 11 heteroatoms. The first-order chi connectivity index (χ1) is 18.8. The van der Waals surface area contributed by atoms with Crippen molar-refractivity contribution in [3.63, 3.8) is 0 Å². The highest BCUT2D eigenvalue weighted by atomic mass is 79.9. The summed E-state index contributed by atoms with van der Waals surface area (Å²) in [6.07, 6.45) is 2.17. The number of carbonyl (C=O) groups excluding carboxylic acids is 1. The molecule has 0 fully saturated rings. The molecule has 0 unspecified atom stereocenters. The number of aryl methyl sites for hydroxylation is 1. The van der Waals surface area contributed by atoms with Crippen molar-refractivity contribution in [1.82, 2.24) is 14.8 Å². The van der Waals surface area contributed by atoms with Crippen LogP contribution in [0.4, 0.5) is 11.4 Å². The minimum Gasteiger partial charge on any atom is -0.467 e. The van der Waals surface area contributed by atoms with E-state index in [4.69, 9.17) is 15.2 Å². The van der Waals surface area contributed by atoms with E-state index in [1.54, 1.807) is 43.9 Å². The summed E-state index contributed by atoms with van der Waals surface area (Å²) >= 11 is 3.51. The van der Waals surface area contributed by atoms with E-state index in [-0.39, 0.29) is 28.1 Å². The molecule has 2 aromatic heterocycles. The molecule has 0 aliphatic rings. The summed E-state index contributed by atoms with van der Waals surface area (Å²) in [5.41, 5.74) is 8.80. The third kappa shape index (κ3) is 5.68. The number of ether oxygens (including phenoxy) is 2. The lowest BCUT2D eigenvalue weighted by Gasteiger charge is -2.28. The lowest BCUT2D eigenvalue weighted by Crippen LogP contribution is -2.29. The quantitative estimate of drug-likeness (QED) is 0.102. The molecule has 0 spiro atoms. The van der Waals surface area contributed by atoms with Gasteiger partial charge in [-0.15, -0.1) is 0 Å². The number of pyridine rings is 1. The Morgan fingerprint density at radius 1 is 1.23 bits per heavy atom. The van der Waals surface area contributed by atoms with E-state index in [0.717, 1.165) is 16.5 Å². The zero-order chi connectivity index (χ0) is 29.4. The second-order valence-electron chi connectivity index (χ2n) is 10.1. The maximum Gasteiger partial charge on any atom is 0.339 e. The number of carbonyl (C=O) groups is 1. The van der Waals surface area contributed by atoms with Gasteiger partial charge in [-0.05, 0) is 67.9 Å². The number of nitrogens with two attached hydrogens (primary N) is 1. The number of nitro groups is 1. The average Bonchev–Trinajstić information content (AvgIpc) is 3.26. The fourth-order valence-electron chi connectivity index (χ4n) is 4.34. The normalized spacial score (nSPS) is 12.1. The van der Waals surface area contributed by atoms with Crippen molar-refractivity contribution < 1.29 is 19.2 Å². The zero-order valence-corrected chi connectivity index (χ0v) is 24.5. The van der Waals surface area contributed by atoms with E-state index < -0.39 is 22.6 Å². The van der Waals surface area contributed by atoms with Crippen molar-refractivity contribution in [2.75, 3.05) is 12.8 Å². The molecule has 0 saturated heterocycles. The van der Waals surface area contributed by atoms with Crippen LogP contribution in [-0.2, 0) is 21.3 Å². The third-order valence-electron chi connectivity index (χ3n) is 6.20. The van der Waals surface area contributed by atoms with Crippen LogP contribution in [0.25, 0.3) is 22.2 Å². The topological polar surface area (TPSA) is 135 Å². The summed E-state index contributed by atoms with van der Waals surface area (Å²) in [6, 6.07) is 9.47. The highest BCUT2D eigenvalue weighted by Gasteiger charge is 2.36. The smallest absolute Gasteiger partial charge is 0.339 e. The molecule has 10 nitrogen and oxygen atoms in total. The minimum atomic E-state index is -1.26. The fourth-order valence-corrected chi connectivity index (χ4v) is 5.16. The number of hydrogen-bond donors (Lipinski definition) is 1. The highest BCUT2D eigenvalue weighted by Crippen LogP contribution is 2.43. The Balaban J connectivity index is 1.84. The average molecular weight is 606 g/mol. The molecular formula is C29H28BrN5O5. The summed E-state index contributed by atoms with van der Waals surface area (Å²) in [6.45, 7) is 6.82. The number of esters is 1. The molecule has 2 aromatic carbocycles. The van der Waals surface area contributed by atoms with E-state index in [9.17, 15) is 14.9 Å². The van der Waals surface area contributed by atoms with E-state index in [0.29, 0.717) is 15.7 Å². The number of nitro benzene ring substituents is 1. The molecule has 2 N–H and O–H groups in total. The number of nitrogens with zero attached hydrogens (tertiary/aromatic N) is 4. The van der Waals surface area contributed by atoms with Gasteiger partial charge < -0.3 is 15.2 Å².